The molecule has 0 saturated carbocycles. The minimum Gasteiger partial charge on any atom is -0.364 e. The fraction of sp³-hybridized carbons (Fsp3) is 0.438. The molecule has 0 atom stereocenters. The molecule has 0 aromatic heterocycles. The monoisotopic (exact) mass is 531 g/mol. The number of rotatable bonds is 6. The van der Waals surface area contributed by atoms with Gasteiger partial charge in [0.2, 0.25) is 15.9 Å². The first-order valence-corrected chi connectivity index (χ1v) is 11.3. The van der Waals surface area contributed by atoms with Crippen molar-refractivity contribution < 1.29 is 13.2 Å². The Morgan fingerprint density at radius 1 is 1.38 bits per heavy atom. The fourth-order valence-electron chi connectivity index (χ4n) is 2.72. The Morgan fingerprint density at radius 3 is 2.54 bits per heavy atom. The standard InChI is InChI=1S/C16H20Cl2IN3O3S/c1-3-26(24,25)20-11-4-6-22(7-5-11)16(23)10-21(2)15-9-13(18)12(17)8-14(15)19/h3,8-9,11,20H,1,4-7,10H2,2H3. The van der Waals surface area contributed by atoms with Crippen molar-refractivity contribution in [1.29, 1.82) is 0 Å². The number of carbonyl (C=O) groups is 1. The maximum absolute atomic E-state index is 12.6. The lowest BCUT2D eigenvalue weighted by molar-refractivity contribution is -0.130. The summed E-state index contributed by atoms with van der Waals surface area (Å²) in [5, 5.41) is 1.82. The average Bonchev–Trinajstić information content (AvgIpc) is 2.58. The van der Waals surface area contributed by atoms with E-state index in [1.165, 1.54) is 0 Å². The summed E-state index contributed by atoms with van der Waals surface area (Å²) in [6.07, 6.45) is 1.15. The third-order valence-corrected chi connectivity index (χ3v) is 6.86. The SMILES string of the molecule is C=CS(=O)(=O)NC1CCN(C(=O)CN(C)c2cc(Cl)c(Cl)cc2I)CC1. The van der Waals surface area contributed by atoms with Gasteiger partial charge in [0.25, 0.3) is 0 Å². The van der Waals surface area contributed by atoms with Crippen molar-refractivity contribution in [2.75, 3.05) is 31.6 Å². The van der Waals surface area contributed by atoms with Crippen LogP contribution in [0.15, 0.2) is 24.1 Å². The fourth-order valence-corrected chi connectivity index (χ4v) is 4.90. The van der Waals surface area contributed by atoms with E-state index in [-0.39, 0.29) is 18.5 Å². The summed E-state index contributed by atoms with van der Waals surface area (Å²) in [5.74, 6) is -0.0144. The van der Waals surface area contributed by atoms with Crippen LogP contribution in [0.25, 0.3) is 0 Å². The first-order chi connectivity index (χ1) is 12.1. The predicted octanol–water partition coefficient (Wildman–Crippen LogP) is 3.09. The van der Waals surface area contributed by atoms with Crippen molar-refractivity contribution in [2.45, 2.75) is 18.9 Å². The number of hydrogen-bond donors (Lipinski definition) is 1. The first-order valence-electron chi connectivity index (χ1n) is 7.91. The van der Waals surface area contributed by atoms with Crippen LogP contribution in [0.2, 0.25) is 10.0 Å². The van der Waals surface area contributed by atoms with Gasteiger partial charge in [-0.1, -0.05) is 29.8 Å². The van der Waals surface area contributed by atoms with Gasteiger partial charge in [-0.05, 0) is 47.6 Å². The zero-order chi connectivity index (χ0) is 19.5. The molecule has 0 aliphatic carbocycles. The third kappa shape index (κ3) is 5.72. The van der Waals surface area contributed by atoms with E-state index in [2.05, 4.69) is 33.9 Å². The number of benzene rings is 1. The Kier molecular flexibility index (Phi) is 7.61. The lowest BCUT2D eigenvalue weighted by Crippen LogP contribution is -2.48. The van der Waals surface area contributed by atoms with E-state index in [1.54, 1.807) is 17.0 Å². The van der Waals surface area contributed by atoms with Crippen molar-refractivity contribution in [1.82, 2.24) is 9.62 Å². The normalized spacial score (nSPS) is 15.8. The van der Waals surface area contributed by atoms with Crippen LogP contribution in [0, 0.1) is 3.57 Å². The van der Waals surface area contributed by atoms with E-state index >= 15 is 0 Å². The van der Waals surface area contributed by atoms with Crippen LogP contribution in [0.4, 0.5) is 5.69 Å². The van der Waals surface area contributed by atoms with E-state index in [1.807, 2.05) is 11.9 Å². The van der Waals surface area contributed by atoms with Gasteiger partial charge in [-0.3, -0.25) is 4.79 Å². The Balaban J connectivity index is 1.93. The van der Waals surface area contributed by atoms with Crippen molar-refractivity contribution in [2.24, 2.45) is 0 Å². The molecule has 0 radical (unpaired) electrons. The molecule has 2 rings (SSSR count). The van der Waals surface area contributed by atoms with Crippen molar-refractivity contribution >= 4 is 67.4 Å². The van der Waals surface area contributed by atoms with Gasteiger partial charge in [0, 0.05) is 35.2 Å². The van der Waals surface area contributed by atoms with Gasteiger partial charge in [-0.15, -0.1) is 0 Å². The van der Waals surface area contributed by atoms with Crippen molar-refractivity contribution in [3.63, 3.8) is 0 Å². The number of piperidine rings is 1. The summed E-state index contributed by atoms with van der Waals surface area (Å²) in [5.41, 5.74) is 0.835. The molecule has 144 valence electrons. The first kappa shape index (κ1) is 21.7. The third-order valence-electron chi connectivity index (χ3n) is 4.17. The van der Waals surface area contributed by atoms with E-state index in [9.17, 15) is 13.2 Å². The number of amides is 1. The molecule has 0 bridgehead atoms. The summed E-state index contributed by atoms with van der Waals surface area (Å²) in [7, 11) is -1.62. The highest BCUT2D eigenvalue weighted by atomic mass is 127. The van der Waals surface area contributed by atoms with Gasteiger partial charge in [0.15, 0.2) is 0 Å². The van der Waals surface area contributed by atoms with Crippen molar-refractivity contribution in [3.8, 4) is 0 Å². The Hall–Kier alpha value is -0.550. The van der Waals surface area contributed by atoms with Gasteiger partial charge >= 0.3 is 0 Å². The summed E-state index contributed by atoms with van der Waals surface area (Å²) < 4.78 is 26.5. The molecule has 1 amide bonds. The molecule has 0 unspecified atom stereocenters. The number of likely N-dealkylation sites (N-methyl/N-ethyl adjacent to an activating group) is 1. The van der Waals surface area contributed by atoms with Gasteiger partial charge in [0.1, 0.15) is 0 Å². The largest absolute Gasteiger partial charge is 0.364 e. The maximum Gasteiger partial charge on any atom is 0.242 e. The second kappa shape index (κ2) is 9.09. The Morgan fingerprint density at radius 2 is 1.96 bits per heavy atom. The second-order valence-electron chi connectivity index (χ2n) is 6.06. The second-order valence-corrected chi connectivity index (χ2v) is 9.69. The van der Waals surface area contributed by atoms with Crippen LogP contribution >= 0.6 is 45.8 Å². The number of likely N-dealkylation sites (tertiary alicyclic amines) is 1. The average molecular weight is 532 g/mol. The van der Waals surface area contributed by atoms with Gasteiger partial charge in [-0.25, -0.2) is 13.1 Å². The van der Waals surface area contributed by atoms with Gasteiger partial charge in [0.05, 0.1) is 22.3 Å². The highest BCUT2D eigenvalue weighted by Gasteiger charge is 2.25. The predicted molar refractivity (Wildman–Crippen MR) is 114 cm³/mol. The minimum atomic E-state index is -3.45. The van der Waals surface area contributed by atoms with E-state index in [0.29, 0.717) is 36.0 Å². The summed E-state index contributed by atoms with van der Waals surface area (Å²) >= 11 is 14.2. The Bertz CT molecular complexity index is 796. The van der Waals surface area contributed by atoms with Crippen LogP contribution in [-0.2, 0) is 14.8 Å². The van der Waals surface area contributed by atoms with E-state index in [4.69, 9.17) is 23.2 Å². The Labute approximate surface area is 177 Å². The van der Waals surface area contributed by atoms with Gasteiger partial charge < -0.3 is 9.80 Å². The van der Waals surface area contributed by atoms with Crippen LogP contribution in [0.3, 0.4) is 0 Å². The van der Waals surface area contributed by atoms with E-state index < -0.39 is 10.0 Å². The molecule has 1 aromatic carbocycles. The highest BCUT2D eigenvalue weighted by molar-refractivity contribution is 14.1. The number of carbonyl (C=O) groups excluding carboxylic acids is 1. The number of nitrogens with zero attached hydrogens (tertiary/aromatic N) is 2. The molecule has 26 heavy (non-hydrogen) atoms. The van der Waals surface area contributed by atoms with Crippen molar-refractivity contribution in [3.05, 3.63) is 37.7 Å². The molecule has 1 aromatic rings. The summed E-state index contributed by atoms with van der Waals surface area (Å²) in [6.45, 7) is 4.51. The lowest BCUT2D eigenvalue weighted by Gasteiger charge is -2.33. The van der Waals surface area contributed by atoms with Crippen LogP contribution < -0.4 is 9.62 Å². The van der Waals surface area contributed by atoms with Gasteiger partial charge in [-0.2, -0.15) is 0 Å². The molecule has 10 heteroatoms. The lowest BCUT2D eigenvalue weighted by atomic mass is 10.1. The molecule has 1 aliphatic heterocycles. The number of nitrogens with one attached hydrogen (secondary N) is 1. The number of anilines is 1. The molecule has 1 fully saturated rings. The summed E-state index contributed by atoms with van der Waals surface area (Å²) in [4.78, 5) is 16.1. The van der Waals surface area contributed by atoms with Crippen LogP contribution in [0.5, 0.6) is 0 Å². The zero-order valence-electron chi connectivity index (χ0n) is 14.2. The molecule has 1 saturated heterocycles. The molecule has 1 aliphatic rings. The molecule has 0 spiro atoms. The molecular weight excluding hydrogens is 512 g/mol. The quantitative estimate of drug-likeness (QED) is 0.452. The topological polar surface area (TPSA) is 69.7 Å². The number of hydrogen-bond acceptors (Lipinski definition) is 4. The highest BCUT2D eigenvalue weighted by Crippen LogP contribution is 2.31. The number of sulfonamides is 1. The molecule has 1 heterocycles. The molecular formula is C16H20Cl2IN3O3S. The van der Waals surface area contributed by atoms with Crippen LogP contribution in [0.1, 0.15) is 12.8 Å². The maximum atomic E-state index is 12.6. The molecule has 6 nitrogen and oxygen atoms in total. The van der Waals surface area contributed by atoms with E-state index in [0.717, 1.165) is 14.7 Å². The summed E-state index contributed by atoms with van der Waals surface area (Å²) in [6, 6.07) is 3.34. The zero-order valence-corrected chi connectivity index (χ0v) is 18.7. The minimum absolute atomic E-state index is 0.0144. The number of halogens is 3. The van der Waals surface area contributed by atoms with Crippen LogP contribution in [-0.4, -0.2) is 51.9 Å². The molecule has 1 N–H and O–H groups in total. The smallest absolute Gasteiger partial charge is 0.242 e.